The van der Waals surface area contributed by atoms with Crippen LogP contribution in [0.2, 0.25) is 0 Å². The lowest BCUT2D eigenvalue weighted by atomic mass is 10.00. The molecular formula is C19H22O3. The van der Waals surface area contributed by atoms with Gasteiger partial charge in [0.1, 0.15) is 0 Å². The minimum Gasteiger partial charge on any atom is -0.396 e. The average molecular weight is 298 g/mol. The van der Waals surface area contributed by atoms with Crippen molar-refractivity contribution >= 4 is 5.78 Å². The van der Waals surface area contributed by atoms with E-state index < -0.39 is 0 Å². The van der Waals surface area contributed by atoms with Gasteiger partial charge in [0.25, 0.3) is 0 Å². The summed E-state index contributed by atoms with van der Waals surface area (Å²) in [6.07, 6.45) is 0.460. The van der Waals surface area contributed by atoms with Crippen molar-refractivity contribution in [2.75, 3.05) is 6.61 Å². The van der Waals surface area contributed by atoms with Crippen molar-refractivity contribution in [1.29, 1.82) is 0 Å². The average Bonchev–Trinajstić information content (AvgIpc) is 2.56. The molecule has 2 aromatic carbocycles. The Balaban J connectivity index is 2.12. The zero-order chi connectivity index (χ0) is 15.8. The summed E-state index contributed by atoms with van der Waals surface area (Å²) in [7, 11) is 0. The predicted octanol–water partition coefficient (Wildman–Crippen LogP) is 3.79. The van der Waals surface area contributed by atoms with Crippen LogP contribution in [0, 0.1) is 0 Å². The Hall–Kier alpha value is -1.97. The van der Waals surface area contributed by atoms with E-state index in [-0.39, 0.29) is 24.6 Å². The van der Waals surface area contributed by atoms with Gasteiger partial charge in [0.2, 0.25) is 0 Å². The summed E-state index contributed by atoms with van der Waals surface area (Å²) < 4.78 is 5.99. The monoisotopic (exact) mass is 298 g/mol. The lowest BCUT2D eigenvalue weighted by Crippen LogP contribution is -2.18. The fraction of sp³-hybridized carbons (Fsp3) is 0.316. The van der Waals surface area contributed by atoms with Crippen LogP contribution < -0.4 is 0 Å². The number of hydrogen-bond donors (Lipinski definition) is 1. The number of aliphatic hydroxyl groups excluding tert-OH is 1. The van der Waals surface area contributed by atoms with Crippen molar-refractivity contribution < 1.29 is 14.6 Å². The smallest absolute Gasteiger partial charge is 0.165 e. The number of benzene rings is 2. The third kappa shape index (κ3) is 4.79. The van der Waals surface area contributed by atoms with E-state index in [9.17, 15) is 4.79 Å². The third-order valence-corrected chi connectivity index (χ3v) is 3.57. The molecule has 0 radical (unpaired) electrons. The van der Waals surface area contributed by atoms with Crippen LogP contribution in [0.15, 0.2) is 60.7 Å². The van der Waals surface area contributed by atoms with Crippen molar-refractivity contribution in [3.8, 4) is 0 Å². The molecule has 0 saturated carbocycles. The number of hydrogen-bond acceptors (Lipinski definition) is 3. The molecule has 0 aliphatic rings. The van der Waals surface area contributed by atoms with Gasteiger partial charge in [-0.1, -0.05) is 60.7 Å². The van der Waals surface area contributed by atoms with Crippen LogP contribution >= 0.6 is 0 Å². The summed E-state index contributed by atoms with van der Waals surface area (Å²) in [6.45, 7) is 1.99. The highest BCUT2D eigenvalue weighted by molar-refractivity contribution is 5.96. The maximum Gasteiger partial charge on any atom is 0.165 e. The van der Waals surface area contributed by atoms with Gasteiger partial charge in [0, 0.05) is 18.6 Å². The number of ketones is 1. The van der Waals surface area contributed by atoms with Crippen LogP contribution in [0.3, 0.4) is 0 Å². The highest BCUT2D eigenvalue weighted by Gasteiger charge is 2.20. The summed E-state index contributed by atoms with van der Waals surface area (Å²) in [4.78, 5) is 12.4. The molecule has 0 heterocycles. The van der Waals surface area contributed by atoms with Crippen LogP contribution in [0.4, 0.5) is 0 Å². The fourth-order valence-electron chi connectivity index (χ4n) is 2.35. The van der Waals surface area contributed by atoms with Crippen molar-refractivity contribution in [1.82, 2.24) is 0 Å². The SMILES string of the molecule is C[C@@H](CCO)OC(CC(=O)c1ccccc1)c1ccccc1. The topological polar surface area (TPSA) is 46.5 Å². The zero-order valence-corrected chi connectivity index (χ0v) is 12.8. The summed E-state index contributed by atoms with van der Waals surface area (Å²) in [5.41, 5.74) is 1.68. The Labute approximate surface area is 131 Å². The maximum absolute atomic E-state index is 12.4. The third-order valence-electron chi connectivity index (χ3n) is 3.57. The molecule has 3 nitrogen and oxygen atoms in total. The predicted molar refractivity (Wildman–Crippen MR) is 86.8 cm³/mol. The highest BCUT2D eigenvalue weighted by atomic mass is 16.5. The summed E-state index contributed by atoms with van der Waals surface area (Å²) in [6, 6.07) is 19.0. The molecule has 0 amide bonds. The molecule has 0 spiro atoms. The molecule has 3 heteroatoms. The van der Waals surface area contributed by atoms with Gasteiger partial charge in [0.05, 0.1) is 12.2 Å². The van der Waals surface area contributed by atoms with E-state index in [4.69, 9.17) is 9.84 Å². The Morgan fingerprint density at radius 2 is 1.64 bits per heavy atom. The number of carbonyl (C=O) groups is 1. The molecule has 22 heavy (non-hydrogen) atoms. The van der Waals surface area contributed by atoms with Crippen molar-refractivity contribution in [2.24, 2.45) is 0 Å². The van der Waals surface area contributed by atoms with Gasteiger partial charge in [0.15, 0.2) is 5.78 Å². The van der Waals surface area contributed by atoms with E-state index in [0.29, 0.717) is 18.4 Å². The molecule has 1 unspecified atom stereocenters. The summed E-state index contributed by atoms with van der Waals surface area (Å²) in [5.74, 6) is 0.0608. The van der Waals surface area contributed by atoms with Gasteiger partial charge in [-0.25, -0.2) is 0 Å². The summed E-state index contributed by atoms with van der Waals surface area (Å²) in [5, 5.41) is 9.03. The normalized spacial score (nSPS) is 13.5. The van der Waals surface area contributed by atoms with Crippen LogP contribution in [-0.2, 0) is 4.74 Å². The van der Waals surface area contributed by atoms with Crippen LogP contribution in [0.1, 0.15) is 41.8 Å². The number of carbonyl (C=O) groups excluding carboxylic acids is 1. The number of Topliss-reactive ketones (excluding diaryl/α,β-unsaturated/α-hetero) is 1. The molecule has 0 fully saturated rings. The van der Waals surface area contributed by atoms with E-state index in [0.717, 1.165) is 5.56 Å². The lowest BCUT2D eigenvalue weighted by molar-refractivity contribution is -0.0157. The maximum atomic E-state index is 12.4. The minimum absolute atomic E-state index is 0.0608. The second-order valence-corrected chi connectivity index (χ2v) is 5.35. The Kier molecular flexibility index (Phi) is 6.31. The largest absolute Gasteiger partial charge is 0.396 e. The lowest BCUT2D eigenvalue weighted by Gasteiger charge is -2.22. The quantitative estimate of drug-likeness (QED) is 0.754. The van der Waals surface area contributed by atoms with Gasteiger partial charge >= 0.3 is 0 Å². The molecule has 2 atom stereocenters. The van der Waals surface area contributed by atoms with E-state index in [1.165, 1.54) is 0 Å². The zero-order valence-electron chi connectivity index (χ0n) is 12.8. The second-order valence-electron chi connectivity index (χ2n) is 5.35. The first kappa shape index (κ1) is 16.4. The van der Waals surface area contributed by atoms with Crippen LogP contribution in [0.25, 0.3) is 0 Å². The highest BCUT2D eigenvalue weighted by Crippen LogP contribution is 2.25. The van der Waals surface area contributed by atoms with Gasteiger partial charge in [-0.05, 0) is 18.9 Å². The Bertz CT molecular complexity index is 566. The van der Waals surface area contributed by atoms with Gasteiger partial charge in [-0.15, -0.1) is 0 Å². The van der Waals surface area contributed by atoms with E-state index in [1.807, 2.05) is 67.6 Å². The van der Waals surface area contributed by atoms with Gasteiger partial charge in [-0.3, -0.25) is 4.79 Å². The van der Waals surface area contributed by atoms with Crippen LogP contribution in [0.5, 0.6) is 0 Å². The van der Waals surface area contributed by atoms with Gasteiger partial charge in [-0.2, -0.15) is 0 Å². The molecule has 0 saturated heterocycles. The van der Waals surface area contributed by atoms with Crippen molar-refractivity contribution in [2.45, 2.75) is 32.0 Å². The fourth-order valence-corrected chi connectivity index (χ4v) is 2.35. The molecule has 0 aliphatic carbocycles. The molecular weight excluding hydrogens is 276 g/mol. The van der Waals surface area contributed by atoms with Crippen molar-refractivity contribution in [3.05, 3.63) is 71.8 Å². The van der Waals surface area contributed by atoms with Crippen LogP contribution in [-0.4, -0.2) is 23.6 Å². The first-order valence-corrected chi connectivity index (χ1v) is 7.60. The molecule has 1 N–H and O–H groups in total. The number of aliphatic hydroxyl groups is 1. The molecule has 116 valence electrons. The Morgan fingerprint density at radius 1 is 1.05 bits per heavy atom. The number of ether oxygens (including phenoxy) is 1. The minimum atomic E-state index is -0.296. The van der Waals surface area contributed by atoms with E-state index >= 15 is 0 Å². The standard InChI is InChI=1S/C19H22O3/c1-15(12-13-20)22-19(17-10-6-3-7-11-17)14-18(21)16-8-4-2-5-9-16/h2-11,15,19-20H,12-14H2,1H3/t15-,19?/m0/s1. The van der Waals surface area contributed by atoms with Crippen molar-refractivity contribution in [3.63, 3.8) is 0 Å². The van der Waals surface area contributed by atoms with E-state index in [2.05, 4.69) is 0 Å². The van der Waals surface area contributed by atoms with Gasteiger partial charge < -0.3 is 9.84 Å². The Morgan fingerprint density at radius 3 is 2.23 bits per heavy atom. The summed E-state index contributed by atoms with van der Waals surface area (Å²) >= 11 is 0. The van der Waals surface area contributed by atoms with E-state index in [1.54, 1.807) is 0 Å². The molecule has 2 rings (SSSR count). The number of rotatable bonds is 8. The molecule has 0 bridgehead atoms. The molecule has 0 aromatic heterocycles. The molecule has 2 aromatic rings. The first-order chi connectivity index (χ1) is 10.7. The second kappa shape index (κ2) is 8.47. The molecule has 0 aliphatic heterocycles. The first-order valence-electron chi connectivity index (χ1n) is 7.60.